The number of halogens is 2. The third kappa shape index (κ3) is 4.73. The third-order valence-electron chi connectivity index (χ3n) is 3.47. The van der Waals surface area contributed by atoms with Gasteiger partial charge >= 0.3 is 0 Å². The summed E-state index contributed by atoms with van der Waals surface area (Å²) < 4.78 is 12.2. The maximum Gasteiger partial charge on any atom is 0.289 e. The highest BCUT2D eigenvalue weighted by Gasteiger charge is 2.20. The zero-order chi connectivity index (χ0) is 15.4. The van der Waals surface area contributed by atoms with Crippen LogP contribution in [-0.2, 0) is 6.61 Å². The maximum absolute atomic E-state index is 12.3. The van der Waals surface area contributed by atoms with Crippen LogP contribution in [0.2, 0.25) is 0 Å². The molecule has 1 aliphatic heterocycles. The average Bonchev–Trinajstić information content (AvgIpc) is 3.03. The van der Waals surface area contributed by atoms with E-state index >= 15 is 0 Å². The topological polar surface area (TPSA) is 54.7 Å². The summed E-state index contributed by atoms with van der Waals surface area (Å²) in [5.74, 6) is 1.71. The Morgan fingerprint density at radius 2 is 1.87 bits per heavy atom. The molecular formula is C16H18BrClN2O3. The van der Waals surface area contributed by atoms with Crippen LogP contribution in [0, 0.1) is 0 Å². The number of amides is 1. The van der Waals surface area contributed by atoms with Gasteiger partial charge in [0.1, 0.15) is 18.1 Å². The molecule has 1 fully saturated rings. The number of nitrogens with one attached hydrogen (secondary N) is 1. The van der Waals surface area contributed by atoms with Gasteiger partial charge in [-0.2, -0.15) is 0 Å². The molecule has 1 N–H and O–H groups in total. The summed E-state index contributed by atoms with van der Waals surface area (Å²) in [6.45, 7) is 3.38. The second kappa shape index (κ2) is 8.38. The normalized spacial score (nSPS) is 14.2. The van der Waals surface area contributed by atoms with Crippen molar-refractivity contribution in [2.24, 2.45) is 0 Å². The molecule has 3 rings (SSSR count). The Hall–Kier alpha value is -1.50. The van der Waals surface area contributed by atoms with Gasteiger partial charge in [-0.05, 0) is 36.4 Å². The van der Waals surface area contributed by atoms with Gasteiger partial charge < -0.3 is 19.4 Å². The minimum atomic E-state index is -0.0589. The molecule has 0 aliphatic carbocycles. The SMILES string of the molecule is Cl.O=C(c1ccc(COc2ccc(Br)cc2)o1)N1CCNCC1. The van der Waals surface area contributed by atoms with E-state index in [4.69, 9.17) is 9.15 Å². The second-order valence-corrected chi connectivity index (χ2v) is 5.97. The number of nitrogens with zero attached hydrogens (tertiary/aromatic N) is 1. The van der Waals surface area contributed by atoms with Crippen LogP contribution in [0.3, 0.4) is 0 Å². The number of furan rings is 1. The monoisotopic (exact) mass is 400 g/mol. The van der Waals surface area contributed by atoms with E-state index in [-0.39, 0.29) is 18.3 Å². The zero-order valence-electron chi connectivity index (χ0n) is 12.5. The highest BCUT2D eigenvalue weighted by molar-refractivity contribution is 9.10. The van der Waals surface area contributed by atoms with Crippen molar-refractivity contribution in [1.82, 2.24) is 10.2 Å². The molecular weight excluding hydrogens is 384 g/mol. The number of hydrogen-bond acceptors (Lipinski definition) is 4. The first-order chi connectivity index (χ1) is 10.7. The summed E-state index contributed by atoms with van der Waals surface area (Å²) >= 11 is 3.38. The lowest BCUT2D eigenvalue weighted by Gasteiger charge is -2.26. The third-order valence-corrected chi connectivity index (χ3v) is 4.00. The molecule has 2 aromatic rings. The highest BCUT2D eigenvalue weighted by atomic mass is 79.9. The smallest absolute Gasteiger partial charge is 0.289 e. The Morgan fingerprint density at radius 3 is 2.57 bits per heavy atom. The van der Waals surface area contributed by atoms with Gasteiger partial charge in [-0.3, -0.25) is 4.79 Å². The molecule has 2 heterocycles. The molecule has 1 aromatic carbocycles. The molecule has 0 unspecified atom stereocenters. The minimum absolute atomic E-state index is 0. The zero-order valence-corrected chi connectivity index (χ0v) is 14.9. The first-order valence-electron chi connectivity index (χ1n) is 7.19. The average molecular weight is 402 g/mol. The van der Waals surface area contributed by atoms with E-state index in [0.29, 0.717) is 31.2 Å². The molecule has 0 bridgehead atoms. The summed E-state index contributed by atoms with van der Waals surface area (Å²) in [7, 11) is 0. The van der Waals surface area contributed by atoms with Crippen molar-refractivity contribution in [2.45, 2.75) is 6.61 Å². The van der Waals surface area contributed by atoms with Crippen molar-refractivity contribution >= 4 is 34.2 Å². The van der Waals surface area contributed by atoms with Crippen molar-refractivity contribution in [2.75, 3.05) is 26.2 Å². The van der Waals surface area contributed by atoms with Crippen LogP contribution in [-0.4, -0.2) is 37.0 Å². The van der Waals surface area contributed by atoms with E-state index in [1.807, 2.05) is 24.3 Å². The summed E-state index contributed by atoms with van der Waals surface area (Å²) in [4.78, 5) is 14.1. The van der Waals surface area contributed by atoms with Gasteiger partial charge in [-0.15, -0.1) is 12.4 Å². The van der Waals surface area contributed by atoms with Gasteiger partial charge in [0.25, 0.3) is 5.91 Å². The molecule has 1 aromatic heterocycles. The van der Waals surface area contributed by atoms with Crippen LogP contribution in [0.1, 0.15) is 16.3 Å². The van der Waals surface area contributed by atoms with Crippen molar-refractivity contribution in [3.63, 3.8) is 0 Å². The molecule has 0 saturated carbocycles. The van der Waals surface area contributed by atoms with Gasteiger partial charge in [-0.25, -0.2) is 0 Å². The molecule has 0 radical (unpaired) electrons. The molecule has 23 heavy (non-hydrogen) atoms. The Kier molecular flexibility index (Phi) is 6.50. The number of benzene rings is 1. The van der Waals surface area contributed by atoms with Crippen molar-refractivity contribution in [1.29, 1.82) is 0 Å². The Balaban J connectivity index is 0.00000192. The Morgan fingerprint density at radius 1 is 1.17 bits per heavy atom. The van der Waals surface area contributed by atoms with Gasteiger partial charge in [0, 0.05) is 30.7 Å². The van der Waals surface area contributed by atoms with E-state index in [2.05, 4.69) is 21.2 Å². The quantitative estimate of drug-likeness (QED) is 0.855. The largest absolute Gasteiger partial charge is 0.486 e. The lowest BCUT2D eigenvalue weighted by molar-refractivity contribution is 0.0699. The van der Waals surface area contributed by atoms with Crippen LogP contribution >= 0.6 is 28.3 Å². The van der Waals surface area contributed by atoms with Crippen molar-refractivity contribution in [3.05, 3.63) is 52.4 Å². The molecule has 5 nitrogen and oxygen atoms in total. The lowest BCUT2D eigenvalue weighted by atomic mass is 10.3. The van der Waals surface area contributed by atoms with Crippen LogP contribution in [0.25, 0.3) is 0 Å². The molecule has 124 valence electrons. The molecule has 1 saturated heterocycles. The van der Waals surface area contributed by atoms with Gasteiger partial charge in [0.15, 0.2) is 5.76 Å². The number of ether oxygens (including phenoxy) is 1. The van der Waals surface area contributed by atoms with E-state index < -0.39 is 0 Å². The van der Waals surface area contributed by atoms with Gasteiger partial charge in [-0.1, -0.05) is 15.9 Å². The van der Waals surface area contributed by atoms with Crippen LogP contribution < -0.4 is 10.1 Å². The van der Waals surface area contributed by atoms with E-state index in [1.54, 1.807) is 17.0 Å². The maximum atomic E-state index is 12.3. The fourth-order valence-electron chi connectivity index (χ4n) is 2.28. The first kappa shape index (κ1) is 17.8. The minimum Gasteiger partial charge on any atom is -0.486 e. The Bertz CT molecular complexity index is 639. The van der Waals surface area contributed by atoms with E-state index in [9.17, 15) is 4.79 Å². The summed E-state index contributed by atoms with van der Waals surface area (Å²) in [5.41, 5.74) is 0. The summed E-state index contributed by atoms with van der Waals surface area (Å²) in [6, 6.07) is 11.1. The summed E-state index contributed by atoms with van der Waals surface area (Å²) in [6.07, 6.45) is 0. The number of piperazine rings is 1. The molecule has 1 aliphatic rings. The number of carbonyl (C=O) groups is 1. The van der Waals surface area contributed by atoms with Crippen molar-refractivity contribution in [3.8, 4) is 5.75 Å². The predicted octanol–water partition coefficient (Wildman–Crippen LogP) is 3.09. The standard InChI is InChI=1S/C16H17BrN2O3.ClH/c17-12-1-3-13(4-2-12)21-11-14-5-6-15(22-14)16(20)19-9-7-18-8-10-19;/h1-6,18H,7-11H2;1H. The number of rotatable bonds is 4. The van der Waals surface area contributed by atoms with Gasteiger partial charge in [0.2, 0.25) is 0 Å². The fraction of sp³-hybridized carbons (Fsp3) is 0.312. The molecule has 0 atom stereocenters. The summed E-state index contributed by atoms with van der Waals surface area (Å²) in [5, 5.41) is 3.22. The van der Waals surface area contributed by atoms with Crippen molar-refractivity contribution < 1.29 is 13.9 Å². The molecule has 0 spiro atoms. The second-order valence-electron chi connectivity index (χ2n) is 5.05. The van der Waals surface area contributed by atoms with E-state index in [0.717, 1.165) is 23.3 Å². The molecule has 1 amide bonds. The highest BCUT2D eigenvalue weighted by Crippen LogP contribution is 2.18. The molecule has 7 heteroatoms. The van der Waals surface area contributed by atoms with Gasteiger partial charge in [0.05, 0.1) is 0 Å². The Labute approximate surface area is 149 Å². The van der Waals surface area contributed by atoms with Crippen LogP contribution in [0.5, 0.6) is 5.75 Å². The first-order valence-corrected chi connectivity index (χ1v) is 7.99. The fourth-order valence-corrected chi connectivity index (χ4v) is 2.54. The van der Waals surface area contributed by atoms with E-state index in [1.165, 1.54) is 0 Å². The number of hydrogen-bond donors (Lipinski definition) is 1. The number of carbonyl (C=O) groups excluding carboxylic acids is 1. The van der Waals surface area contributed by atoms with Crippen LogP contribution in [0.4, 0.5) is 0 Å². The predicted molar refractivity (Wildman–Crippen MR) is 93.2 cm³/mol. The van der Waals surface area contributed by atoms with Crippen LogP contribution in [0.15, 0.2) is 45.3 Å². The lowest BCUT2D eigenvalue weighted by Crippen LogP contribution is -2.46.